The summed E-state index contributed by atoms with van der Waals surface area (Å²) in [4.78, 5) is 47.6. The topological polar surface area (TPSA) is 726 Å². The number of carbonyl (C=O) groups excluding carboxylic acids is 2. The molecule has 0 spiro atoms. The molecule has 56 heteroatoms. The Morgan fingerprint density at radius 2 is 0.709 bits per heavy atom. The van der Waals surface area contributed by atoms with Gasteiger partial charge in [0.05, 0.1) is 68.1 Å². The van der Waals surface area contributed by atoms with Crippen LogP contribution in [0.2, 0.25) is 0 Å². The summed E-state index contributed by atoms with van der Waals surface area (Å²) in [6.07, 6.45) is 17.8. The van der Waals surface area contributed by atoms with Crippen LogP contribution in [0.25, 0.3) is 135 Å². The van der Waals surface area contributed by atoms with Gasteiger partial charge in [-0.3, -0.25) is 14.8 Å². The number of hydrogen-bond acceptors (Lipinski definition) is 42. The van der Waals surface area contributed by atoms with Crippen LogP contribution in [0.1, 0.15) is 75.5 Å². The van der Waals surface area contributed by atoms with Crippen molar-refractivity contribution in [3.8, 4) is 135 Å². The van der Waals surface area contributed by atoms with Crippen LogP contribution in [-0.2, 0) is 88.3 Å². The van der Waals surface area contributed by atoms with E-state index in [0.29, 0.717) is 79.4 Å². The molecule has 0 saturated carbocycles. The number of aromatic nitrogens is 30. The molecule has 2 fully saturated rings. The zero-order valence-electron chi connectivity index (χ0n) is 79.0. The largest absolute Gasteiger partial charge is 0.439 e. The minimum atomic E-state index is -3.62. The lowest BCUT2D eigenvalue weighted by Gasteiger charge is -2.22. The molecule has 0 radical (unpaired) electrons. The summed E-state index contributed by atoms with van der Waals surface area (Å²) in [6, 6.07) is 50.7. The second-order valence-corrected chi connectivity index (χ2v) is 45.0. The highest BCUT2D eigenvalue weighted by molar-refractivity contribution is 7.92. The number of amides is 2. The van der Waals surface area contributed by atoms with Crippen molar-refractivity contribution in [2.24, 2.45) is 0 Å². The summed E-state index contributed by atoms with van der Waals surface area (Å²) in [7, 11) is -21.4. The number of aliphatic hydroxyl groups excluding tert-OH is 2. The third-order valence-corrected chi connectivity index (χ3v) is 29.2. The lowest BCUT2D eigenvalue weighted by Crippen LogP contribution is -2.23. The average Bonchev–Trinajstić information content (AvgIpc) is 1.68. The number of rotatable bonds is 22. The number of pyridine rings is 6. The third kappa shape index (κ3) is 23.9. The number of aryl methyl sites for hydroxylation is 1. The first-order chi connectivity index (χ1) is 70.8. The van der Waals surface area contributed by atoms with Crippen LogP contribution >= 0.6 is 0 Å². The number of nitrogens with zero attached hydrogens (tertiary/aromatic N) is 24. The fourth-order valence-electron chi connectivity index (χ4n) is 16.1. The summed E-state index contributed by atoms with van der Waals surface area (Å²) >= 11 is 0. The van der Waals surface area contributed by atoms with E-state index in [1.54, 1.807) is 91.1 Å². The first kappa shape index (κ1) is 104. The van der Waals surface area contributed by atoms with Crippen LogP contribution in [0.3, 0.4) is 0 Å². The second-order valence-electron chi connectivity index (χ2n) is 33.3. The van der Waals surface area contributed by atoms with Gasteiger partial charge in [0.1, 0.15) is 6.10 Å². The predicted octanol–water partition coefficient (Wildman–Crippen LogP) is 7.59. The van der Waals surface area contributed by atoms with Gasteiger partial charge in [0.15, 0.2) is 79.1 Å². The Labute approximate surface area is 842 Å². The highest BCUT2D eigenvalue weighted by Crippen LogP contribution is 2.43. The first-order valence-electron chi connectivity index (χ1n) is 44.0. The Balaban J connectivity index is 0.000000127. The van der Waals surface area contributed by atoms with Gasteiger partial charge >= 0.3 is 6.09 Å². The second kappa shape index (κ2) is 44.3. The van der Waals surface area contributed by atoms with E-state index in [-0.39, 0.29) is 107 Å². The first-order valence-corrected chi connectivity index (χ1v) is 55.4. The Morgan fingerprint density at radius 3 is 1.08 bits per heavy atom. The van der Waals surface area contributed by atoms with Crippen LogP contribution in [0.4, 0.5) is 4.79 Å². The Kier molecular flexibility index (Phi) is 31.1. The van der Waals surface area contributed by atoms with Crippen molar-refractivity contribution in [1.82, 2.24) is 164 Å². The smallest absolute Gasteiger partial charge is 0.408 e. The van der Waals surface area contributed by atoms with Crippen molar-refractivity contribution in [2.45, 2.75) is 94.4 Å². The number of benzene rings is 6. The quantitative estimate of drug-likeness (QED) is 0.0312. The fraction of sp³-hybridized carbons (Fsp3) is 0.196. The van der Waals surface area contributed by atoms with Crippen LogP contribution in [0.15, 0.2) is 243 Å². The molecule has 18 aromatic rings. The Hall–Kier alpha value is -17.0. The number of nitrogens with one attached hydrogen (secondary N) is 8. The number of carbonyl (C=O) groups is 2. The van der Waals surface area contributed by atoms with Crippen molar-refractivity contribution in [2.75, 3.05) is 50.7 Å². The number of alkyl carbamates (subject to hydrolysis) is 1. The van der Waals surface area contributed by atoms with E-state index < -0.39 is 65.1 Å². The number of hydrogen-bond donors (Lipinski definition) is 10. The van der Waals surface area contributed by atoms with Crippen LogP contribution in [0.5, 0.6) is 0 Å². The fourth-order valence-corrected chi connectivity index (χ4v) is 21.1. The maximum absolute atomic E-state index is 12.2. The number of tetrazole rings is 6. The number of aliphatic hydroxyl groups is 2. The lowest BCUT2D eigenvalue weighted by atomic mass is 9.90. The van der Waals surface area contributed by atoms with Crippen molar-refractivity contribution in [3.05, 3.63) is 252 Å². The zero-order chi connectivity index (χ0) is 105. The standard InChI is InChI=1S/C18H19N5O3S.C17H16N6O4S.C15H12N6O3S.2C14H13N5O3S.C14H13N5O2S/c1-27(24,25)18-16(17-20-22-23-21-17)15(6-9-19-18)14-4-2-12(3-5-14)13-7-10-26-11-8-13;1-9-14(27-17(24)19-9)11-5-3-10(4-6-11)12-7-8-18-16(28(2,25)26)13(12)15-20-22-23-21-15;1-25(23,24)15-12(13-18-20-21-19-13)10(4-5-16-15)8-2-3-11-9(6-8)7-17-14(11)22;1-23(21,22)12-7-15-6-11(13(12)14-16-18-19-17-14)10-4-2-9(8-20)3-5-10;1-23(21,22)11-6-7-15-13(12(11)14-16-18-19-17-14)10-4-2-9(8-20)3-5-10;1-9-3-5-10(6-4-9)11-7-8-15-14(22(2,20)21)12(11)13-16-18-19-17-13/h2-6,9,13H,7-8,10-11H2,1H3,(H,20,21,22,23);3-9,14H,1-2H3,(H,19,24)(H,20,21,22,23);2-6H,7H2,1H3,(H,17,22)(H,18,19,20,21);2*2-7,20H,8H2,1H3,(H,16,17,18,19);3-8H,1-2H3,(H,16,17,18,19)/t;9-,14?;;;;/m.1..../s1. The number of aromatic amines is 6. The molecule has 6 aromatic carbocycles. The van der Waals surface area contributed by atoms with Gasteiger partial charge in [0.2, 0.25) is 34.9 Å². The summed E-state index contributed by atoms with van der Waals surface area (Å²) in [5, 5.41) is 105. The van der Waals surface area contributed by atoms with E-state index in [0.717, 1.165) is 119 Å². The van der Waals surface area contributed by atoms with Gasteiger partial charge < -0.3 is 30.3 Å². The lowest BCUT2D eigenvalue weighted by molar-refractivity contribution is 0.0853. The van der Waals surface area contributed by atoms with Crippen LogP contribution < -0.4 is 10.6 Å². The van der Waals surface area contributed by atoms with E-state index in [1.807, 2.05) is 80.6 Å². The normalized spacial score (nSPS) is 14.1. The van der Waals surface area contributed by atoms with E-state index in [2.05, 4.69) is 176 Å². The predicted molar refractivity (Wildman–Crippen MR) is 528 cm³/mol. The molecule has 3 aliphatic heterocycles. The molecule has 12 aromatic heterocycles. The number of fused-ring (bicyclic) bond motifs is 1. The van der Waals surface area contributed by atoms with Crippen molar-refractivity contribution < 1.29 is 79.8 Å². The minimum Gasteiger partial charge on any atom is -0.439 e. The maximum Gasteiger partial charge on any atom is 0.408 e. The third-order valence-electron chi connectivity index (χ3n) is 22.9. The zero-order valence-corrected chi connectivity index (χ0v) is 83.9. The van der Waals surface area contributed by atoms with Gasteiger partial charge in [-0.1, -0.05) is 133 Å². The average molecular weight is 2120 g/mol. The Morgan fingerprint density at radius 1 is 0.358 bits per heavy atom. The molecule has 2 saturated heterocycles. The summed E-state index contributed by atoms with van der Waals surface area (Å²) in [5.41, 5.74) is 16.3. The van der Waals surface area contributed by atoms with E-state index >= 15 is 0 Å². The molecule has 10 N–H and O–H groups in total. The van der Waals surface area contributed by atoms with Gasteiger partial charge in [-0.05, 0) is 184 Å². The van der Waals surface area contributed by atoms with Gasteiger partial charge in [0.25, 0.3) is 5.91 Å². The van der Waals surface area contributed by atoms with Crippen molar-refractivity contribution in [3.63, 3.8) is 0 Å². The molecule has 50 nitrogen and oxygen atoms in total. The van der Waals surface area contributed by atoms with Crippen LogP contribution in [-0.4, -0.2) is 283 Å². The number of H-pyrrole nitrogens is 6. The number of sulfone groups is 6. The molecule has 758 valence electrons. The molecule has 148 heavy (non-hydrogen) atoms. The number of ether oxygens (including phenoxy) is 2. The summed E-state index contributed by atoms with van der Waals surface area (Å²) in [5.74, 6) is 1.37. The van der Waals surface area contributed by atoms with E-state index in [1.165, 1.54) is 48.8 Å². The highest BCUT2D eigenvalue weighted by atomic mass is 32.2. The molecular formula is C92H86N32O18S6. The molecule has 2 amide bonds. The molecule has 3 aliphatic rings. The van der Waals surface area contributed by atoms with Crippen molar-refractivity contribution >= 4 is 71.0 Å². The van der Waals surface area contributed by atoms with Gasteiger partial charge in [0, 0.05) is 117 Å². The van der Waals surface area contributed by atoms with Gasteiger partial charge in [-0.15, -0.1) is 61.2 Å². The SMILES string of the molecule is CS(=O)(=O)c1ccnc(-c2ccc(CO)cc2)c1-c1nn[nH]n1.CS(=O)(=O)c1cncc(-c2ccc(CO)cc2)c1-c1nn[nH]n1.CS(=O)(=O)c1nccc(-c2ccc(C3CCOCC3)cc2)c1-c1nn[nH]n1.CS(=O)(=O)c1nccc(-c2ccc3c(c2)CNC3=O)c1-c1nn[nH]n1.C[C@H]1NC(=O)OC1c1ccc(-c2ccnc(S(C)(=O)=O)c2-c2nn[nH]n2)cc1.Cc1ccc(-c2ccnc(S(C)(=O)=O)c2-c2nn[nH]n2)cc1. The van der Waals surface area contributed by atoms with Gasteiger partial charge in [-0.2, -0.15) is 31.3 Å². The Bertz CT molecular complexity index is 8420. The molecule has 2 atom stereocenters. The molecule has 0 bridgehead atoms. The van der Waals surface area contributed by atoms with Gasteiger partial charge in [-0.25, -0.2) is 75.2 Å². The number of cyclic esters (lactones) is 1. The van der Waals surface area contributed by atoms with Crippen LogP contribution in [0, 0.1) is 6.92 Å². The summed E-state index contributed by atoms with van der Waals surface area (Å²) in [6.45, 7) is 5.71. The molecular weight excluding hydrogens is 2030 g/mol. The monoisotopic (exact) mass is 2120 g/mol. The minimum absolute atomic E-state index is 0.0302. The molecule has 0 aliphatic carbocycles. The molecule has 1 unspecified atom stereocenters. The molecule has 21 rings (SSSR count). The van der Waals surface area contributed by atoms with Crippen molar-refractivity contribution in [1.29, 1.82) is 0 Å². The van der Waals surface area contributed by atoms with E-state index in [4.69, 9.17) is 19.7 Å². The summed E-state index contributed by atoms with van der Waals surface area (Å²) < 4.78 is 156. The highest BCUT2D eigenvalue weighted by Gasteiger charge is 2.35. The molecule has 15 heterocycles. The maximum atomic E-state index is 12.2. The van der Waals surface area contributed by atoms with E-state index in [9.17, 15) is 60.1 Å².